The number of amides is 1. The van der Waals surface area contributed by atoms with Crippen LogP contribution in [0.5, 0.6) is 0 Å². The highest BCUT2D eigenvalue weighted by atomic mass is 32.1. The van der Waals surface area contributed by atoms with E-state index in [4.69, 9.17) is 9.26 Å². The van der Waals surface area contributed by atoms with Crippen LogP contribution in [0.4, 0.5) is 0 Å². The van der Waals surface area contributed by atoms with E-state index in [0.29, 0.717) is 30.5 Å². The van der Waals surface area contributed by atoms with Crippen molar-refractivity contribution in [1.82, 2.24) is 15.5 Å². The van der Waals surface area contributed by atoms with Crippen LogP contribution in [0.1, 0.15) is 66.3 Å². The Morgan fingerprint density at radius 3 is 2.67 bits per heavy atom. The van der Waals surface area contributed by atoms with Crippen LogP contribution in [0.2, 0.25) is 0 Å². The Kier molecular flexibility index (Phi) is 5.30. The van der Waals surface area contributed by atoms with Gasteiger partial charge in [0.25, 0.3) is 5.91 Å². The van der Waals surface area contributed by atoms with Gasteiger partial charge in [0, 0.05) is 24.5 Å². The Morgan fingerprint density at radius 1 is 1.33 bits per heavy atom. The first-order valence-corrected chi connectivity index (χ1v) is 9.25. The summed E-state index contributed by atoms with van der Waals surface area (Å²) in [5, 5.41) is 11.0. The number of hydrogen-bond donors (Lipinski definition) is 1. The zero-order chi connectivity index (χ0) is 17.1. The molecule has 6 nitrogen and oxygen atoms in total. The summed E-state index contributed by atoms with van der Waals surface area (Å²) in [6.45, 7) is 7.37. The fourth-order valence-electron chi connectivity index (χ4n) is 2.85. The molecule has 0 radical (unpaired) electrons. The van der Waals surface area contributed by atoms with Crippen LogP contribution >= 0.6 is 11.3 Å². The van der Waals surface area contributed by atoms with E-state index in [0.717, 1.165) is 18.4 Å². The standard InChI is InChI=1S/C17H23N3O3S/c1-10(2)15-19-17(23-20-15)14(12-4-6-22-7-5-12)18-16(21)13-9-24-8-11(13)3/h8-10,12,14H,4-7H2,1-3H3,(H,18,21)/t14-/m0/s1. The Balaban J connectivity index is 1.83. The molecule has 1 N–H and O–H groups in total. The van der Waals surface area contributed by atoms with E-state index in [9.17, 15) is 4.79 Å². The molecule has 7 heteroatoms. The van der Waals surface area contributed by atoms with Gasteiger partial charge in [-0.05, 0) is 36.6 Å². The van der Waals surface area contributed by atoms with Crippen molar-refractivity contribution in [3.05, 3.63) is 33.6 Å². The van der Waals surface area contributed by atoms with Crippen LogP contribution in [-0.4, -0.2) is 29.3 Å². The first-order chi connectivity index (χ1) is 11.6. The summed E-state index contributed by atoms with van der Waals surface area (Å²) in [5.74, 6) is 1.50. The molecule has 0 bridgehead atoms. The minimum atomic E-state index is -0.277. The lowest BCUT2D eigenvalue weighted by molar-refractivity contribution is 0.0467. The maximum absolute atomic E-state index is 12.7. The lowest BCUT2D eigenvalue weighted by atomic mass is 9.91. The SMILES string of the molecule is Cc1cscc1C(=O)N[C@H](c1nc(C(C)C)no1)C1CCOCC1. The molecular weight excluding hydrogens is 326 g/mol. The molecule has 24 heavy (non-hydrogen) atoms. The number of nitrogens with one attached hydrogen (secondary N) is 1. The molecule has 2 aromatic rings. The molecule has 0 aliphatic carbocycles. The second-order valence-electron chi connectivity index (χ2n) is 6.51. The predicted molar refractivity (Wildman–Crippen MR) is 91.2 cm³/mol. The zero-order valence-electron chi connectivity index (χ0n) is 14.2. The van der Waals surface area contributed by atoms with E-state index in [-0.39, 0.29) is 23.8 Å². The third-order valence-electron chi connectivity index (χ3n) is 4.36. The molecule has 3 heterocycles. The normalized spacial score (nSPS) is 17.2. The third-order valence-corrected chi connectivity index (χ3v) is 5.23. The van der Waals surface area contributed by atoms with Crippen molar-refractivity contribution >= 4 is 17.2 Å². The van der Waals surface area contributed by atoms with E-state index in [1.807, 2.05) is 31.5 Å². The maximum Gasteiger partial charge on any atom is 0.253 e. The minimum absolute atomic E-state index is 0.0884. The molecule has 1 fully saturated rings. The van der Waals surface area contributed by atoms with Gasteiger partial charge in [-0.2, -0.15) is 16.3 Å². The van der Waals surface area contributed by atoms with Crippen LogP contribution in [-0.2, 0) is 4.74 Å². The van der Waals surface area contributed by atoms with Gasteiger partial charge in [0.15, 0.2) is 5.82 Å². The first-order valence-electron chi connectivity index (χ1n) is 8.31. The second-order valence-corrected chi connectivity index (χ2v) is 7.26. The summed E-state index contributed by atoms with van der Waals surface area (Å²) >= 11 is 1.53. The number of carbonyl (C=O) groups excluding carboxylic acids is 1. The molecule has 1 amide bonds. The molecule has 1 aliphatic rings. The van der Waals surface area contributed by atoms with Gasteiger partial charge in [-0.15, -0.1) is 0 Å². The average Bonchev–Trinajstić information content (AvgIpc) is 3.22. The number of thiophene rings is 1. The molecule has 1 atom stereocenters. The van der Waals surface area contributed by atoms with Crippen molar-refractivity contribution in [3.63, 3.8) is 0 Å². The topological polar surface area (TPSA) is 77.3 Å². The molecule has 1 saturated heterocycles. The Bertz CT molecular complexity index is 689. The largest absolute Gasteiger partial charge is 0.381 e. The fourth-order valence-corrected chi connectivity index (χ4v) is 3.68. The highest BCUT2D eigenvalue weighted by Crippen LogP contribution is 2.30. The molecule has 3 rings (SSSR count). The van der Waals surface area contributed by atoms with Gasteiger partial charge in [-0.25, -0.2) is 0 Å². The summed E-state index contributed by atoms with van der Waals surface area (Å²) in [6.07, 6.45) is 1.74. The van der Waals surface area contributed by atoms with Crippen LogP contribution in [0.3, 0.4) is 0 Å². The van der Waals surface area contributed by atoms with Crippen LogP contribution in [0.25, 0.3) is 0 Å². The van der Waals surface area contributed by atoms with E-state index >= 15 is 0 Å². The van der Waals surface area contributed by atoms with Crippen LogP contribution in [0, 0.1) is 12.8 Å². The monoisotopic (exact) mass is 349 g/mol. The predicted octanol–water partition coefficient (Wildman–Crippen LogP) is 3.46. The summed E-state index contributed by atoms with van der Waals surface area (Å²) < 4.78 is 10.9. The number of rotatable bonds is 5. The number of carbonyl (C=O) groups is 1. The fraction of sp³-hybridized carbons (Fsp3) is 0.588. The molecular formula is C17H23N3O3S. The van der Waals surface area contributed by atoms with Crippen LogP contribution < -0.4 is 5.32 Å². The Hall–Kier alpha value is -1.73. The van der Waals surface area contributed by atoms with E-state index in [1.165, 1.54) is 11.3 Å². The van der Waals surface area contributed by atoms with Crippen molar-refractivity contribution in [2.45, 2.75) is 45.6 Å². The smallest absolute Gasteiger partial charge is 0.253 e. The molecule has 0 saturated carbocycles. The van der Waals surface area contributed by atoms with Crippen molar-refractivity contribution in [2.24, 2.45) is 5.92 Å². The van der Waals surface area contributed by atoms with Gasteiger partial charge in [0.2, 0.25) is 5.89 Å². The third kappa shape index (κ3) is 3.67. The highest BCUT2D eigenvalue weighted by molar-refractivity contribution is 7.08. The molecule has 1 aliphatic heterocycles. The van der Waals surface area contributed by atoms with Gasteiger partial charge >= 0.3 is 0 Å². The molecule has 0 aromatic carbocycles. The number of aromatic nitrogens is 2. The zero-order valence-corrected chi connectivity index (χ0v) is 15.1. The molecule has 2 aromatic heterocycles. The summed E-state index contributed by atoms with van der Waals surface area (Å²) in [6, 6.07) is -0.277. The number of ether oxygens (including phenoxy) is 1. The lowest BCUT2D eigenvalue weighted by Gasteiger charge is -2.28. The Morgan fingerprint density at radius 2 is 2.08 bits per heavy atom. The van der Waals surface area contributed by atoms with Crippen molar-refractivity contribution < 1.29 is 14.1 Å². The quantitative estimate of drug-likeness (QED) is 0.894. The average molecular weight is 349 g/mol. The van der Waals surface area contributed by atoms with Gasteiger partial charge in [-0.1, -0.05) is 19.0 Å². The van der Waals surface area contributed by atoms with Crippen molar-refractivity contribution in [2.75, 3.05) is 13.2 Å². The Labute approximate surface area is 145 Å². The molecule has 0 unspecified atom stereocenters. The first kappa shape index (κ1) is 17.1. The summed E-state index contributed by atoms with van der Waals surface area (Å²) in [7, 11) is 0. The highest BCUT2D eigenvalue weighted by Gasteiger charge is 2.32. The van der Waals surface area contributed by atoms with Gasteiger partial charge in [0.1, 0.15) is 6.04 Å². The van der Waals surface area contributed by atoms with E-state index in [1.54, 1.807) is 0 Å². The van der Waals surface area contributed by atoms with Crippen molar-refractivity contribution in [3.8, 4) is 0 Å². The van der Waals surface area contributed by atoms with Gasteiger partial charge < -0.3 is 14.6 Å². The summed E-state index contributed by atoms with van der Waals surface area (Å²) in [4.78, 5) is 17.2. The second kappa shape index (κ2) is 7.44. The number of aryl methyl sites for hydroxylation is 1. The lowest BCUT2D eigenvalue weighted by Crippen LogP contribution is -2.36. The molecule has 0 spiro atoms. The van der Waals surface area contributed by atoms with E-state index in [2.05, 4.69) is 15.5 Å². The van der Waals surface area contributed by atoms with Crippen molar-refractivity contribution in [1.29, 1.82) is 0 Å². The van der Waals surface area contributed by atoms with E-state index < -0.39 is 0 Å². The van der Waals surface area contributed by atoms with Gasteiger partial charge in [-0.3, -0.25) is 4.79 Å². The number of hydrogen-bond acceptors (Lipinski definition) is 6. The number of nitrogens with zero attached hydrogens (tertiary/aromatic N) is 2. The summed E-state index contributed by atoms with van der Waals surface area (Å²) in [5.41, 5.74) is 1.69. The van der Waals surface area contributed by atoms with Crippen LogP contribution in [0.15, 0.2) is 15.3 Å². The maximum atomic E-state index is 12.7. The van der Waals surface area contributed by atoms with Gasteiger partial charge in [0.05, 0.1) is 5.56 Å². The minimum Gasteiger partial charge on any atom is -0.381 e. The molecule has 130 valence electrons.